The van der Waals surface area contributed by atoms with Crippen LogP contribution < -0.4 is 0 Å². The number of allylic oxidation sites excluding steroid dienone is 1. The molecule has 0 unspecified atom stereocenters. The second-order valence-electron chi connectivity index (χ2n) is 2.93. The maximum absolute atomic E-state index is 5.30. The van der Waals surface area contributed by atoms with E-state index in [9.17, 15) is 0 Å². The summed E-state index contributed by atoms with van der Waals surface area (Å²) in [6.45, 7) is 8.49. The minimum Gasteiger partial charge on any atom is -0.377 e. The fraction of sp³-hybridized carbons (Fsp3) is 0.778. The lowest BCUT2D eigenvalue weighted by atomic mass is 10.0. The standard InChI is InChI=1S/C9H18O/c1-6-8(4)9(10-5)7(2)3/h6-7,9H,1-5H3/b8-6+/t9-/m1/s1. The van der Waals surface area contributed by atoms with Crippen molar-refractivity contribution in [2.45, 2.75) is 33.8 Å². The van der Waals surface area contributed by atoms with Gasteiger partial charge in [0, 0.05) is 7.11 Å². The SMILES string of the molecule is C/C=C(\C)[C@H](OC)C(C)C. The molecule has 0 spiro atoms. The Hall–Kier alpha value is -0.300. The third-order valence-corrected chi connectivity index (χ3v) is 1.76. The van der Waals surface area contributed by atoms with Gasteiger partial charge in [0.1, 0.15) is 0 Å². The molecule has 0 radical (unpaired) electrons. The first-order chi connectivity index (χ1) is 4.63. The molecule has 0 heterocycles. The fourth-order valence-corrected chi connectivity index (χ4v) is 1.15. The molecule has 0 aromatic rings. The van der Waals surface area contributed by atoms with Crippen LogP contribution in [0.25, 0.3) is 0 Å². The Bertz CT molecular complexity index is 114. The van der Waals surface area contributed by atoms with Crippen molar-refractivity contribution in [1.29, 1.82) is 0 Å². The monoisotopic (exact) mass is 142 g/mol. The third kappa shape index (κ3) is 2.53. The van der Waals surface area contributed by atoms with Crippen LogP contribution in [0.3, 0.4) is 0 Å². The van der Waals surface area contributed by atoms with Crippen molar-refractivity contribution in [2.24, 2.45) is 5.92 Å². The first kappa shape index (κ1) is 9.70. The number of rotatable bonds is 3. The lowest BCUT2D eigenvalue weighted by Gasteiger charge is -2.19. The smallest absolute Gasteiger partial charge is 0.0801 e. The Morgan fingerprint density at radius 1 is 1.40 bits per heavy atom. The van der Waals surface area contributed by atoms with Crippen molar-refractivity contribution >= 4 is 0 Å². The van der Waals surface area contributed by atoms with Crippen LogP contribution in [-0.4, -0.2) is 13.2 Å². The first-order valence-corrected chi connectivity index (χ1v) is 3.79. The highest BCUT2D eigenvalue weighted by molar-refractivity contribution is 5.04. The van der Waals surface area contributed by atoms with Crippen molar-refractivity contribution < 1.29 is 4.74 Å². The number of hydrogen-bond acceptors (Lipinski definition) is 1. The zero-order valence-electron chi connectivity index (χ0n) is 7.64. The summed E-state index contributed by atoms with van der Waals surface area (Å²) in [5.41, 5.74) is 1.32. The molecule has 0 amide bonds. The molecule has 10 heavy (non-hydrogen) atoms. The van der Waals surface area contributed by atoms with Gasteiger partial charge in [0.05, 0.1) is 6.10 Å². The van der Waals surface area contributed by atoms with Crippen LogP contribution >= 0.6 is 0 Å². The molecule has 1 heteroatoms. The second-order valence-corrected chi connectivity index (χ2v) is 2.93. The maximum atomic E-state index is 5.30. The van der Waals surface area contributed by atoms with Crippen molar-refractivity contribution in [2.75, 3.05) is 7.11 Å². The van der Waals surface area contributed by atoms with Gasteiger partial charge < -0.3 is 4.74 Å². The topological polar surface area (TPSA) is 9.23 Å². The molecule has 0 aliphatic carbocycles. The molecule has 1 atom stereocenters. The Kier molecular flexibility index (Phi) is 4.37. The highest BCUT2D eigenvalue weighted by Crippen LogP contribution is 2.14. The predicted octanol–water partition coefficient (Wildman–Crippen LogP) is 2.62. The molecule has 0 N–H and O–H groups in total. The van der Waals surface area contributed by atoms with Gasteiger partial charge in [-0.3, -0.25) is 0 Å². The lowest BCUT2D eigenvalue weighted by molar-refractivity contribution is 0.0938. The van der Waals surface area contributed by atoms with E-state index >= 15 is 0 Å². The second kappa shape index (κ2) is 4.51. The summed E-state index contributed by atoms with van der Waals surface area (Å²) in [6.07, 6.45) is 2.40. The van der Waals surface area contributed by atoms with Gasteiger partial charge in [0.15, 0.2) is 0 Å². The van der Waals surface area contributed by atoms with Crippen LogP contribution in [0, 0.1) is 5.92 Å². The number of methoxy groups -OCH3 is 1. The van der Waals surface area contributed by atoms with Crippen LogP contribution in [0.5, 0.6) is 0 Å². The summed E-state index contributed by atoms with van der Waals surface area (Å²) in [5, 5.41) is 0. The van der Waals surface area contributed by atoms with Crippen LogP contribution in [0.4, 0.5) is 0 Å². The van der Waals surface area contributed by atoms with Crippen molar-refractivity contribution in [1.82, 2.24) is 0 Å². The zero-order chi connectivity index (χ0) is 8.15. The summed E-state index contributed by atoms with van der Waals surface area (Å²) >= 11 is 0. The summed E-state index contributed by atoms with van der Waals surface area (Å²) in [6, 6.07) is 0. The first-order valence-electron chi connectivity index (χ1n) is 3.79. The van der Waals surface area contributed by atoms with Crippen LogP contribution in [0.1, 0.15) is 27.7 Å². The molecule has 0 rings (SSSR count). The van der Waals surface area contributed by atoms with Gasteiger partial charge in [0.2, 0.25) is 0 Å². The largest absolute Gasteiger partial charge is 0.377 e. The molecule has 0 aliphatic rings. The van der Waals surface area contributed by atoms with E-state index in [0.717, 1.165) is 0 Å². The van der Waals surface area contributed by atoms with Gasteiger partial charge in [-0.1, -0.05) is 19.9 Å². The van der Waals surface area contributed by atoms with E-state index in [1.54, 1.807) is 7.11 Å². The highest BCUT2D eigenvalue weighted by Gasteiger charge is 2.12. The summed E-state index contributed by atoms with van der Waals surface area (Å²) in [7, 11) is 1.76. The molecule has 0 fully saturated rings. The van der Waals surface area contributed by atoms with Gasteiger partial charge in [-0.15, -0.1) is 0 Å². The van der Waals surface area contributed by atoms with E-state index in [4.69, 9.17) is 4.74 Å². The van der Waals surface area contributed by atoms with Gasteiger partial charge >= 0.3 is 0 Å². The zero-order valence-corrected chi connectivity index (χ0v) is 7.64. The molecular formula is C9H18O. The van der Waals surface area contributed by atoms with Gasteiger partial charge in [0.25, 0.3) is 0 Å². The summed E-state index contributed by atoms with van der Waals surface area (Å²) in [4.78, 5) is 0. The van der Waals surface area contributed by atoms with E-state index in [-0.39, 0.29) is 0 Å². The Balaban J connectivity index is 4.07. The van der Waals surface area contributed by atoms with Gasteiger partial charge in [-0.05, 0) is 25.3 Å². The van der Waals surface area contributed by atoms with E-state index in [1.807, 2.05) is 6.92 Å². The van der Waals surface area contributed by atoms with E-state index in [0.29, 0.717) is 12.0 Å². The van der Waals surface area contributed by atoms with E-state index < -0.39 is 0 Å². The minimum absolute atomic E-state index is 0.296. The van der Waals surface area contributed by atoms with Crippen LogP contribution in [0.2, 0.25) is 0 Å². The number of hydrogen-bond donors (Lipinski definition) is 0. The third-order valence-electron chi connectivity index (χ3n) is 1.76. The molecule has 1 nitrogen and oxygen atoms in total. The van der Waals surface area contributed by atoms with Crippen molar-refractivity contribution in [3.63, 3.8) is 0 Å². The molecule has 0 bridgehead atoms. The van der Waals surface area contributed by atoms with Gasteiger partial charge in [-0.2, -0.15) is 0 Å². The van der Waals surface area contributed by atoms with E-state index in [2.05, 4.69) is 26.8 Å². The molecule has 0 aliphatic heterocycles. The predicted molar refractivity (Wildman–Crippen MR) is 45.1 cm³/mol. The van der Waals surface area contributed by atoms with Gasteiger partial charge in [-0.25, -0.2) is 0 Å². The maximum Gasteiger partial charge on any atom is 0.0801 e. The number of ether oxygens (including phenoxy) is 1. The molecule has 0 aromatic heterocycles. The molecule has 0 saturated heterocycles. The Morgan fingerprint density at radius 2 is 1.90 bits per heavy atom. The minimum atomic E-state index is 0.296. The average Bonchev–Trinajstić information content (AvgIpc) is 1.88. The van der Waals surface area contributed by atoms with E-state index in [1.165, 1.54) is 5.57 Å². The average molecular weight is 142 g/mol. The quantitative estimate of drug-likeness (QED) is 0.550. The lowest BCUT2D eigenvalue weighted by Crippen LogP contribution is -2.18. The summed E-state index contributed by atoms with van der Waals surface area (Å²) < 4.78 is 5.30. The fourth-order valence-electron chi connectivity index (χ4n) is 1.15. The Labute approximate surface area is 64.1 Å². The Morgan fingerprint density at radius 3 is 2.00 bits per heavy atom. The molecule has 0 aromatic carbocycles. The van der Waals surface area contributed by atoms with Crippen LogP contribution in [0.15, 0.2) is 11.6 Å². The van der Waals surface area contributed by atoms with Crippen molar-refractivity contribution in [3.8, 4) is 0 Å². The normalized spacial score (nSPS) is 16.0. The summed E-state index contributed by atoms with van der Waals surface area (Å²) in [5.74, 6) is 0.571. The highest BCUT2D eigenvalue weighted by atomic mass is 16.5. The molecule has 0 saturated carbocycles. The van der Waals surface area contributed by atoms with Crippen LogP contribution in [-0.2, 0) is 4.74 Å². The molecular weight excluding hydrogens is 124 g/mol. The van der Waals surface area contributed by atoms with Crippen molar-refractivity contribution in [3.05, 3.63) is 11.6 Å². The molecule has 60 valence electrons.